The summed E-state index contributed by atoms with van der Waals surface area (Å²) in [5, 5.41) is 25.2. The first-order chi connectivity index (χ1) is 11.2. The first kappa shape index (κ1) is 16.2. The quantitative estimate of drug-likeness (QED) is 0.457. The molecular formula is C15H16N6O2. The number of ether oxygens (including phenoxy) is 1. The number of nitrogens with zero attached hydrogens (tertiary/aromatic N) is 4. The molecule has 23 heavy (non-hydrogen) atoms. The molecule has 2 rings (SSSR count). The first-order valence-corrected chi connectivity index (χ1v) is 7.12. The van der Waals surface area contributed by atoms with Gasteiger partial charge in [0.2, 0.25) is 5.82 Å². The zero-order valence-corrected chi connectivity index (χ0v) is 12.6. The average Bonchev–Trinajstić information content (AvgIpc) is 3.10. The van der Waals surface area contributed by atoms with Crippen LogP contribution in [0.5, 0.6) is 0 Å². The van der Waals surface area contributed by atoms with Crippen molar-refractivity contribution in [2.24, 2.45) is 0 Å². The number of rotatable bonds is 7. The lowest BCUT2D eigenvalue weighted by atomic mass is 10.2. The second-order valence-corrected chi connectivity index (χ2v) is 4.62. The fourth-order valence-corrected chi connectivity index (χ4v) is 1.71. The van der Waals surface area contributed by atoms with E-state index in [4.69, 9.17) is 10.00 Å². The second kappa shape index (κ2) is 8.29. The fraction of sp³-hybridized carbons (Fsp3) is 0.267. The summed E-state index contributed by atoms with van der Waals surface area (Å²) < 4.78 is 5.16. The maximum Gasteiger partial charge on any atom is 0.338 e. The molecule has 0 unspecified atom stereocenters. The van der Waals surface area contributed by atoms with Gasteiger partial charge in [-0.05, 0) is 29.8 Å². The van der Waals surface area contributed by atoms with Crippen molar-refractivity contribution in [1.82, 2.24) is 20.6 Å². The third-order valence-corrected chi connectivity index (χ3v) is 2.92. The standard InChI is InChI=1S/C15H16N6O2/c1-2-3-7-23-15(22)11-5-4-6-13(8-11)17-10-12(9-16)14-18-20-21-19-14/h4-6,8,10,17H,2-3,7H2,1H3,(H,18,19,20,21). The Balaban J connectivity index is 2.05. The van der Waals surface area contributed by atoms with Crippen molar-refractivity contribution in [2.75, 3.05) is 11.9 Å². The average molecular weight is 312 g/mol. The van der Waals surface area contributed by atoms with E-state index >= 15 is 0 Å². The van der Waals surface area contributed by atoms with Gasteiger partial charge in [-0.3, -0.25) is 0 Å². The van der Waals surface area contributed by atoms with Crippen molar-refractivity contribution in [1.29, 1.82) is 5.26 Å². The predicted molar refractivity (Wildman–Crippen MR) is 83.0 cm³/mol. The molecule has 0 spiro atoms. The lowest BCUT2D eigenvalue weighted by Gasteiger charge is -2.06. The number of hydrogen-bond donors (Lipinski definition) is 2. The summed E-state index contributed by atoms with van der Waals surface area (Å²) in [6.07, 6.45) is 3.25. The molecule has 1 aromatic heterocycles. The van der Waals surface area contributed by atoms with Gasteiger partial charge in [-0.1, -0.05) is 19.4 Å². The van der Waals surface area contributed by atoms with E-state index < -0.39 is 0 Å². The van der Waals surface area contributed by atoms with E-state index in [0.717, 1.165) is 12.8 Å². The van der Waals surface area contributed by atoms with Crippen LogP contribution >= 0.6 is 0 Å². The number of aromatic amines is 1. The molecule has 0 aliphatic carbocycles. The van der Waals surface area contributed by atoms with Crippen LogP contribution in [0.2, 0.25) is 0 Å². The largest absolute Gasteiger partial charge is 0.462 e. The van der Waals surface area contributed by atoms with Crippen LogP contribution in [0.4, 0.5) is 5.69 Å². The molecule has 1 aromatic carbocycles. The maximum absolute atomic E-state index is 11.9. The zero-order chi connectivity index (χ0) is 16.5. The molecule has 8 heteroatoms. The number of allylic oxidation sites excluding steroid dienone is 1. The van der Waals surface area contributed by atoms with E-state index in [1.807, 2.05) is 13.0 Å². The molecule has 1 heterocycles. The topological polar surface area (TPSA) is 117 Å². The molecule has 0 aliphatic heterocycles. The Morgan fingerprint density at radius 2 is 2.39 bits per heavy atom. The summed E-state index contributed by atoms with van der Waals surface area (Å²) in [7, 11) is 0. The first-order valence-electron chi connectivity index (χ1n) is 7.12. The van der Waals surface area contributed by atoms with Gasteiger partial charge < -0.3 is 10.1 Å². The summed E-state index contributed by atoms with van der Waals surface area (Å²) in [5.74, 6) is -0.181. The summed E-state index contributed by atoms with van der Waals surface area (Å²) in [4.78, 5) is 11.9. The van der Waals surface area contributed by atoms with Crippen molar-refractivity contribution < 1.29 is 9.53 Å². The molecule has 0 fully saturated rings. The van der Waals surface area contributed by atoms with Gasteiger partial charge in [-0.2, -0.15) is 10.5 Å². The third kappa shape index (κ3) is 4.64. The number of esters is 1. The molecule has 118 valence electrons. The summed E-state index contributed by atoms with van der Waals surface area (Å²) in [6, 6.07) is 8.79. The van der Waals surface area contributed by atoms with Crippen molar-refractivity contribution in [3.05, 3.63) is 41.9 Å². The van der Waals surface area contributed by atoms with E-state index in [2.05, 4.69) is 25.9 Å². The Kier molecular flexibility index (Phi) is 5.82. The second-order valence-electron chi connectivity index (χ2n) is 4.62. The van der Waals surface area contributed by atoms with Crippen LogP contribution in [0.25, 0.3) is 5.57 Å². The van der Waals surface area contributed by atoms with Crippen LogP contribution in [-0.2, 0) is 4.74 Å². The van der Waals surface area contributed by atoms with E-state index in [-0.39, 0.29) is 17.4 Å². The smallest absolute Gasteiger partial charge is 0.338 e. The minimum Gasteiger partial charge on any atom is -0.462 e. The van der Waals surface area contributed by atoms with Gasteiger partial charge in [-0.25, -0.2) is 4.79 Å². The summed E-state index contributed by atoms with van der Waals surface area (Å²) >= 11 is 0. The van der Waals surface area contributed by atoms with Gasteiger partial charge in [0.05, 0.1) is 12.2 Å². The van der Waals surface area contributed by atoms with Crippen LogP contribution in [0.15, 0.2) is 30.5 Å². The lowest BCUT2D eigenvalue weighted by Crippen LogP contribution is -2.06. The summed E-state index contributed by atoms with van der Waals surface area (Å²) in [6.45, 7) is 2.44. The Morgan fingerprint density at radius 1 is 1.52 bits per heavy atom. The van der Waals surface area contributed by atoms with Crippen molar-refractivity contribution in [2.45, 2.75) is 19.8 Å². The highest BCUT2D eigenvalue weighted by Crippen LogP contribution is 2.14. The number of tetrazole rings is 1. The Labute approximate surface area is 133 Å². The monoisotopic (exact) mass is 312 g/mol. The van der Waals surface area contributed by atoms with Crippen molar-refractivity contribution in [3.63, 3.8) is 0 Å². The van der Waals surface area contributed by atoms with Crippen LogP contribution in [0.1, 0.15) is 35.9 Å². The van der Waals surface area contributed by atoms with Crippen LogP contribution in [0, 0.1) is 11.3 Å². The van der Waals surface area contributed by atoms with E-state index in [1.165, 1.54) is 6.20 Å². The van der Waals surface area contributed by atoms with Gasteiger partial charge in [0.15, 0.2) is 0 Å². The number of nitriles is 1. The maximum atomic E-state index is 11.9. The van der Waals surface area contributed by atoms with E-state index in [1.54, 1.807) is 24.3 Å². The van der Waals surface area contributed by atoms with Crippen molar-refractivity contribution in [3.8, 4) is 6.07 Å². The number of hydrogen-bond acceptors (Lipinski definition) is 7. The van der Waals surface area contributed by atoms with Crippen LogP contribution < -0.4 is 5.32 Å². The lowest BCUT2D eigenvalue weighted by molar-refractivity contribution is 0.0500. The van der Waals surface area contributed by atoms with Gasteiger partial charge in [-0.15, -0.1) is 10.2 Å². The Morgan fingerprint density at radius 3 is 3.09 bits per heavy atom. The molecule has 0 amide bonds. The summed E-state index contributed by atoms with van der Waals surface area (Å²) in [5.41, 5.74) is 1.30. The molecule has 0 radical (unpaired) electrons. The molecule has 2 N–H and O–H groups in total. The van der Waals surface area contributed by atoms with Crippen LogP contribution in [-0.4, -0.2) is 33.2 Å². The van der Waals surface area contributed by atoms with Gasteiger partial charge in [0.25, 0.3) is 0 Å². The number of H-pyrrole nitrogens is 1. The minimum absolute atomic E-state index is 0.190. The van der Waals surface area contributed by atoms with E-state index in [0.29, 0.717) is 17.9 Å². The van der Waals surface area contributed by atoms with Gasteiger partial charge in [0, 0.05) is 11.9 Å². The fourth-order valence-electron chi connectivity index (χ4n) is 1.71. The van der Waals surface area contributed by atoms with E-state index in [9.17, 15) is 4.79 Å². The molecule has 2 aromatic rings. The number of benzene rings is 1. The molecule has 0 saturated heterocycles. The van der Waals surface area contributed by atoms with Crippen molar-refractivity contribution >= 4 is 17.2 Å². The molecule has 0 saturated carbocycles. The number of anilines is 1. The molecule has 0 atom stereocenters. The predicted octanol–water partition coefficient (Wildman–Crippen LogP) is 2.13. The van der Waals surface area contributed by atoms with Gasteiger partial charge in [0.1, 0.15) is 11.6 Å². The normalized spacial score (nSPS) is 10.9. The number of nitrogens with one attached hydrogen (secondary N) is 2. The Hall–Kier alpha value is -3.21. The molecular weight excluding hydrogens is 296 g/mol. The number of carbonyl (C=O) groups is 1. The number of aromatic nitrogens is 4. The molecule has 0 aliphatic rings. The van der Waals surface area contributed by atoms with Gasteiger partial charge >= 0.3 is 5.97 Å². The highest BCUT2D eigenvalue weighted by molar-refractivity contribution is 5.90. The Bertz CT molecular complexity index is 718. The number of carbonyl (C=O) groups excluding carboxylic acids is 1. The van der Waals surface area contributed by atoms with Crippen LogP contribution in [0.3, 0.4) is 0 Å². The minimum atomic E-state index is -0.371. The number of unbranched alkanes of at least 4 members (excludes halogenated alkanes) is 1. The molecule has 0 bridgehead atoms. The highest BCUT2D eigenvalue weighted by Gasteiger charge is 2.08. The molecule has 8 nitrogen and oxygen atoms in total. The highest BCUT2D eigenvalue weighted by atomic mass is 16.5. The zero-order valence-electron chi connectivity index (χ0n) is 12.6. The third-order valence-electron chi connectivity index (χ3n) is 2.92. The SMILES string of the molecule is CCCCOC(=O)c1cccc(NC=C(C#N)c2nn[nH]n2)c1.